The summed E-state index contributed by atoms with van der Waals surface area (Å²) in [5.41, 5.74) is 2.52. The number of nitrogens with one attached hydrogen (secondary N) is 3. The third-order valence-corrected chi connectivity index (χ3v) is 4.57. The molecule has 27 heavy (non-hydrogen) atoms. The van der Waals surface area contributed by atoms with Gasteiger partial charge >= 0.3 is 0 Å². The van der Waals surface area contributed by atoms with Crippen LogP contribution in [-0.2, 0) is 4.79 Å². The number of hydrogen-bond acceptors (Lipinski definition) is 4. The molecule has 2 aromatic carbocycles. The SMILES string of the molecule is Cl.O=C(CC1CCCN1)Nc1ccccc1-c1nc(-c2ccccc2)n[nH]1. The van der Waals surface area contributed by atoms with Crippen LogP contribution in [0, 0.1) is 0 Å². The lowest BCUT2D eigenvalue weighted by Crippen LogP contribution is -2.27. The molecule has 0 aliphatic carbocycles. The van der Waals surface area contributed by atoms with E-state index in [-0.39, 0.29) is 24.4 Å². The molecule has 7 heteroatoms. The molecule has 0 saturated carbocycles. The molecule has 140 valence electrons. The molecule has 0 spiro atoms. The first-order chi connectivity index (χ1) is 12.8. The van der Waals surface area contributed by atoms with E-state index in [1.807, 2.05) is 54.6 Å². The predicted molar refractivity (Wildman–Crippen MR) is 109 cm³/mol. The van der Waals surface area contributed by atoms with Gasteiger partial charge in [0.15, 0.2) is 11.6 Å². The van der Waals surface area contributed by atoms with E-state index in [1.54, 1.807) is 0 Å². The highest BCUT2D eigenvalue weighted by atomic mass is 35.5. The highest BCUT2D eigenvalue weighted by Crippen LogP contribution is 2.27. The molecule has 1 unspecified atom stereocenters. The van der Waals surface area contributed by atoms with Crippen LogP contribution >= 0.6 is 12.4 Å². The number of para-hydroxylation sites is 1. The second kappa shape index (κ2) is 8.79. The highest BCUT2D eigenvalue weighted by molar-refractivity contribution is 5.95. The molecule has 1 saturated heterocycles. The first-order valence-electron chi connectivity index (χ1n) is 8.90. The standard InChI is InChI=1S/C20H21N5O.ClH/c26-18(13-15-9-6-12-21-15)22-17-11-5-4-10-16(17)20-23-19(24-25-20)14-7-2-1-3-8-14;/h1-5,7-8,10-11,15,21H,6,9,12-13H2,(H,22,26)(H,23,24,25);1H. The molecule has 6 nitrogen and oxygen atoms in total. The third-order valence-electron chi connectivity index (χ3n) is 4.57. The number of nitrogens with zero attached hydrogens (tertiary/aromatic N) is 2. The molecule has 1 aliphatic rings. The van der Waals surface area contributed by atoms with Gasteiger partial charge in [-0.15, -0.1) is 12.4 Å². The minimum atomic E-state index is 0. The number of benzene rings is 2. The molecule has 3 N–H and O–H groups in total. The second-order valence-corrected chi connectivity index (χ2v) is 6.46. The van der Waals surface area contributed by atoms with E-state index in [0.717, 1.165) is 36.2 Å². The lowest BCUT2D eigenvalue weighted by molar-refractivity contribution is -0.116. The molecule has 1 aromatic heterocycles. The molecular formula is C20H22ClN5O. The Labute approximate surface area is 164 Å². The maximum Gasteiger partial charge on any atom is 0.225 e. The van der Waals surface area contributed by atoms with Crippen molar-refractivity contribution in [2.24, 2.45) is 0 Å². The third kappa shape index (κ3) is 4.53. The molecular weight excluding hydrogens is 362 g/mol. The fourth-order valence-electron chi connectivity index (χ4n) is 3.25. The van der Waals surface area contributed by atoms with Gasteiger partial charge in [0.2, 0.25) is 5.91 Å². The molecule has 1 atom stereocenters. The summed E-state index contributed by atoms with van der Waals surface area (Å²) in [4.78, 5) is 17.0. The Kier molecular flexibility index (Phi) is 6.21. The van der Waals surface area contributed by atoms with E-state index in [0.29, 0.717) is 18.1 Å². The summed E-state index contributed by atoms with van der Waals surface area (Å²) in [6, 6.07) is 17.7. The number of carbonyl (C=O) groups excluding carboxylic acids is 1. The number of amides is 1. The van der Waals surface area contributed by atoms with Crippen LogP contribution in [0.5, 0.6) is 0 Å². The summed E-state index contributed by atoms with van der Waals surface area (Å²) in [6.07, 6.45) is 2.67. The summed E-state index contributed by atoms with van der Waals surface area (Å²) < 4.78 is 0. The van der Waals surface area contributed by atoms with Gasteiger partial charge < -0.3 is 10.6 Å². The quantitative estimate of drug-likeness (QED) is 0.628. The van der Waals surface area contributed by atoms with Gasteiger partial charge in [-0.3, -0.25) is 9.89 Å². The number of anilines is 1. The Balaban J connectivity index is 0.00000210. The minimum Gasteiger partial charge on any atom is -0.325 e. The van der Waals surface area contributed by atoms with Gasteiger partial charge in [0, 0.05) is 23.6 Å². The van der Waals surface area contributed by atoms with Gasteiger partial charge in [0.1, 0.15) is 0 Å². The lowest BCUT2D eigenvalue weighted by Gasteiger charge is -2.12. The van der Waals surface area contributed by atoms with Crippen LogP contribution in [0.4, 0.5) is 5.69 Å². The van der Waals surface area contributed by atoms with Crippen molar-refractivity contribution in [2.45, 2.75) is 25.3 Å². The summed E-state index contributed by atoms with van der Waals surface area (Å²) in [6.45, 7) is 0.995. The summed E-state index contributed by atoms with van der Waals surface area (Å²) >= 11 is 0. The molecule has 1 fully saturated rings. The maximum absolute atomic E-state index is 12.4. The van der Waals surface area contributed by atoms with Crippen LogP contribution in [0.25, 0.3) is 22.8 Å². The van der Waals surface area contributed by atoms with Gasteiger partial charge in [0.05, 0.1) is 5.69 Å². The molecule has 1 aliphatic heterocycles. The smallest absolute Gasteiger partial charge is 0.225 e. The molecule has 1 amide bonds. The van der Waals surface area contributed by atoms with Gasteiger partial charge in [-0.05, 0) is 31.5 Å². The van der Waals surface area contributed by atoms with Gasteiger partial charge in [0.25, 0.3) is 0 Å². The number of rotatable bonds is 5. The number of H-pyrrole nitrogens is 1. The number of halogens is 1. The van der Waals surface area contributed by atoms with Crippen molar-refractivity contribution in [3.63, 3.8) is 0 Å². The number of aromatic amines is 1. The predicted octanol–water partition coefficient (Wildman–Crippen LogP) is 3.64. The minimum absolute atomic E-state index is 0. The Bertz CT molecular complexity index is 890. The first kappa shape index (κ1) is 19.1. The number of carbonyl (C=O) groups is 1. The van der Waals surface area contributed by atoms with Gasteiger partial charge in [-0.2, -0.15) is 5.10 Å². The normalized spacial score (nSPS) is 15.9. The number of hydrogen-bond donors (Lipinski definition) is 3. The van der Waals surface area contributed by atoms with Crippen LogP contribution in [0.3, 0.4) is 0 Å². The molecule has 2 heterocycles. The first-order valence-corrected chi connectivity index (χ1v) is 8.90. The summed E-state index contributed by atoms with van der Waals surface area (Å²) in [5.74, 6) is 1.29. The average molecular weight is 384 g/mol. The van der Waals surface area contributed by atoms with Crippen LogP contribution in [0.2, 0.25) is 0 Å². The maximum atomic E-state index is 12.4. The monoisotopic (exact) mass is 383 g/mol. The van der Waals surface area contributed by atoms with E-state index in [2.05, 4.69) is 25.8 Å². The zero-order valence-electron chi connectivity index (χ0n) is 14.8. The zero-order chi connectivity index (χ0) is 17.8. The Morgan fingerprint density at radius 1 is 1.11 bits per heavy atom. The van der Waals surface area contributed by atoms with Crippen molar-refractivity contribution in [3.8, 4) is 22.8 Å². The van der Waals surface area contributed by atoms with Crippen molar-refractivity contribution in [2.75, 3.05) is 11.9 Å². The zero-order valence-corrected chi connectivity index (χ0v) is 15.6. The van der Waals surface area contributed by atoms with Crippen molar-refractivity contribution in [1.82, 2.24) is 20.5 Å². The fraction of sp³-hybridized carbons (Fsp3) is 0.250. The van der Waals surface area contributed by atoms with E-state index in [9.17, 15) is 4.79 Å². The van der Waals surface area contributed by atoms with Crippen LogP contribution < -0.4 is 10.6 Å². The molecule has 4 rings (SSSR count). The molecule has 3 aromatic rings. The van der Waals surface area contributed by atoms with Crippen LogP contribution in [0.1, 0.15) is 19.3 Å². The highest BCUT2D eigenvalue weighted by Gasteiger charge is 2.19. The Morgan fingerprint density at radius 2 is 1.89 bits per heavy atom. The second-order valence-electron chi connectivity index (χ2n) is 6.46. The van der Waals surface area contributed by atoms with Crippen molar-refractivity contribution >= 4 is 24.0 Å². The van der Waals surface area contributed by atoms with Crippen LogP contribution in [-0.4, -0.2) is 33.7 Å². The van der Waals surface area contributed by atoms with E-state index >= 15 is 0 Å². The van der Waals surface area contributed by atoms with E-state index in [1.165, 1.54) is 0 Å². The van der Waals surface area contributed by atoms with Gasteiger partial charge in [-0.25, -0.2) is 4.98 Å². The Hall–Kier alpha value is -2.70. The fourth-order valence-corrected chi connectivity index (χ4v) is 3.25. The Morgan fingerprint density at radius 3 is 2.67 bits per heavy atom. The molecule has 0 radical (unpaired) electrons. The van der Waals surface area contributed by atoms with Crippen LogP contribution in [0.15, 0.2) is 54.6 Å². The van der Waals surface area contributed by atoms with Crippen molar-refractivity contribution in [1.29, 1.82) is 0 Å². The summed E-state index contributed by atoms with van der Waals surface area (Å²) in [5, 5.41) is 13.7. The van der Waals surface area contributed by atoms with E-state index < -0.39 is 0 Å². The lowest BCUT2D eigenvalue weighted by atomic mass is 10.1. The van der Waals surface area contributed by atoms with Crippen molar-refractivity contribution < 1.29 is 4.79 Å². The number of aromatic nitrogens is 3. The van der Waals surface area contributed by atoms with E-state index in [4.69, 9.17) is 0 Å². The summed E-state index contributed by atoms with van der Waals surface area (Å²) in [7, 11) is 0. The van der Waals surface area contributed by atoms with Gasteiger partial charge in [-0.1, -0.05) is 42.5 Å². The van der Waals surface area contributed by atoms with Crippen molar-refractivity contribution in [3.05, 3.63) is 54.6 Å². The molecule has 0 bridgehead atoms. The topological polar surface area (TPSA) is 82.7 Å². The average Bonchev–Trinajstić information content (AvgIpc) is 3.35. The largest absolute Gasteiger partial charge is 0.325 e.